The number of halogens is 1. The first kappa shape index (κ1) is 11.8. The molecule has 0 heterocycles. The van der Waals surface area contributed by atoms with E-state index in [9.17, 15) is 4.79 Å². The van der Waals surface area contributed by atoms with Crippen molar-refractivity contribution in [3.8, 4) is 0 Å². The van der Waals surface area contributed by atoms with Crippen LogP contribution in [0.5, 0.6) is 0 Å². The third-order valence-electron chi connectivity index (χ3n) is 1.38. The normalized spacial score (nSPS) is 21.1. The van der Waals surface area contributed by atoms with Crippen LogP contribution in [-0.2, 0) is 4.79 Å². The molecule has 0 aliphatic rings. The van der Waals surface area contributed by atoms with Gasteiger partial charge in [0.2, 0.25) is 0 Å². The van der Waals surface area contributed by atoms with Crippen LogP contribution in [0.1, 0.15) is 0 Å². The molecule has 0 saturated carbocycles. The quantitative estimate of drug-likeness (QED) is 0.299. The SMILES string of the molecule is O=C[C@H](O)[C@@H](O)[C@@H](O)[C@H](Cl)CO. The van der Waals surface area contributed by atoms with Crippen LogP contribution in [0.15, 0.2) is 0 Å². The maximum Gasteiger partial charge on any atom is 0.151 e. The van der Waals surface area contributed by atoms with Gasteiger partial charge >= 0.3 is 0 Å². The Balaban J connectivity index is 4.07. The van der Waals surface area contributed by atoms with Crippen molar-refractivity contribution in [2.24, 2.45) is 0 Å². The number of alkyl halides is 1. The predicted octanol–water partition coefficient (Wildman–Crippen LogP) is -2.13. The fraction of sp³-hybridized carbons (Fsp3) is 0.833. The molecule has 0 saturated heterocycles. The average Bonchev–Trinajstić information content (AvgIpc) is 2.12. The Morgan fingerprint density at radius 1 is 1.25 bits per heavy atom. The smallest absolute Gasteiger partial charge is 0.151 e. The molecule has 0 aromatic rings. The summed E-state index contributed by atoms with van der Waals surface area (Å²) in [5.74, 6) is 0. The van der Waals surface area contributed by atoms with Gasteiger partial charge in [-0.2, -0.15) is 0 Å². The largest absolute Gasteiger partial charge is 0.395 e. The Morgan fingerprint density at radius 2 is 1.75 bits per heavy atom. The fourth-order valence-electron chi connectivity index (χ4n) is 0.604. The topological polar surface area (TPSA) is 98.0 Å². The molecule has 0 bridgehead atoms. The van der Waals surface area contributed by atoms with Crippen molar-refractivity contribution in [1.29, 1.82) is 0 Å². The standard InChI is InChI=1S/C6H11ClO5/c7-3(1-8)5(11)6(12)4(10)2-9/h2-6,8,10-12H,1H2/t3-,4+,5+,6-/m1/s1. The van der Waals surface area contributed by atoms with E-state index in [1.165, 1.54) is 0 Å². The van der Waals surface area contributed by atoms with Crippen LogP contribution in [0.2, 0.25) is 0 Å². The molecule has 72 valence electrons. The van der Waals surface area contributed by atoms with Crippen molar-refractivity contribution in [3.63, 3.8) is 0 Å². The Morgan fingerprint density at radius 3 is 2.08 bits per heavy atom. The second-order valence-electron chi connectivity index (χ2n) is 2.31. The van der Waals surface area contributed by atoms with Crippen molar-refractivity contribution in [3.05, 3.63) is 0 Å². The van der Waals surface area contributed by atoms with Gasteiger partial charge in [0.1, 0.15) is 18.3 Å². The summed E-state index contributed by atoms with van der Waals surface area (Å²) in [5, 5.41) is 34.0. The minimum atomic E-state index is -1.69. The van der Waals surface area contributed by atoms with Gasteiger partial charge in [0.25, 0.3) is 0 Å². The van der Waals surface area contributed by atoms with Crippen LogP contribution in [0.25, 0.3) is 0 Å². The molecule has 0 fully saturated rings. The monoisotopic (exact) mass is 198 g/mol. The van der Waals surface area contributed by atoms with E-state index in [-0.39, 0.29) is 6.29 Å². The highest BCUT2D eigenvalue weighted by Crippen LogP contribution is 2.08. The maximum atomic E-state index is 9.93. The summed E-state index contributed by atoms with van der Waals surface area (Å²) in [4.78, 5) is 9.93. The number of carbonyl (C=O) groups excluding carboxylic acids is 1. The zero-order valence-electron chi connectivity index (χ0n) is 6.17. The van der Waals surface area contributed by atoms with Crippen molar-refractivity contribution >= 4 is 17.9 Å². The third-order valence-corrected chi connectivity index (χ3v) is 1.78. The van der Waals surface area contributed by atoms with Gasteiger partial charge in [0.05, 0.1) is 12.0 Å². The molecule has 0 amide bonds. The van der Waals surface area contributed by atoms with Crippen molar-refractivity contribution in [1.82, 2.24) is 0 Å². The molecule has 4 atom stereocenters. The molecular weight excluding hydrogens is 188 g/mol. The number of rotatable bonds is 5. The van der Waals surface area contributed by atoms with Crippen LogP contribution >= 0.6 is 11.6 Å². The highest BCUT2D eigenvalue weighted by molar-refractivity contribution is 6.21. The van der Waals surface area contributed by atoms with Gasteiger partial charge in [-0.15, -0.1) is 11.6 Å². The number of aliphatic hydroxyl groups is 4. The molecule has 0 unspecified atom stereocenters. The number of carbonyl (C=O) groups is 1. The van der Waals surface area contributed by atoms with Gasteiger partial charge in [-0.1, -0.05) is 0 Å². The molecule has 4 N–H and O–H groups in total. The van der Waals surface area contributed by atoms with Crippen LogP contribution in [-0.4, -0.2) is 57.0 Å². The second-order valence-corrected chi connectivity index (χ2v) is 2.87. The number of hydrogen-bond donors (Lipinski definition) is 4. The summed E-state index contributed by atoms with van der Waals surface area (Å²) in [7, 11) is 0. The fourth-order valence-corrected chi connectivity index (χ4v) is 0.754. The highest BCUT2D eigenvalue weighted by Gasteiger charge is 2.29. The molecule has 12 heavy (non-hydrogen) atoms. The summed E-state index contributed by atoms with van der Waals surface area (Å²) in [6.45, 7) is -0.550. The summed E-state index contributed by atoms with van der Waals surface area (Å²) in [6.07, 6.45) is -4.81. The van der Waals surface area contributed by atoms with Crippen LogP contribution in [0.3, 0.4) is 0 Å². The van der Waals surface area contributed by atoms with Gasteiger partial charge < -0.3 is 25.2 Å². The zero-order valence-corrected chi connectivity index (χ0v) is 6.92. The van der Waals surface area contributed by atoms with E-state index in [1.54, 1.807) is 0 Å². The summed E-state index contributed by atoms with van der Waals surface area (Å²) in [6, 6.07) is 0. The van der Waals surface area contributed by atoms with Gasteiger partial charge in [0.15, 0.2) is 6.29 Å². The molecular formula is C6H11ClO5. The van der Waals surface area contributed by atoms with E-state index in [2.05, 4.69) is 0 Å². The molecule has 0 rings (SSSR count). The van der Waals surface area contributed by atoms with E-state index in [1.807, 2.05) is 0 Å². The zero-order chi connectivity index (χ0) is 9.72. The predicted molar refractivity (Wildman–Crippen MR) is 40.8 cm³/mol. The maximum absolute atomic E-state index is 9.93. The van der Waals surface area contributed by atoms with E-state index in [4.69, 9.17) is 32.0 Å². The molecule has 0 aromatic carbocycles. The first-order chi connectivity index (χ1) is 5.54. The first-order valence-electron chi connectivity index (χ1n) is 3.29. The van der Waals surface area contributed by atoms with E-state index >= 15 is 0 Å². The molecule has 5 nitrogen and oxygen atoms in total. The van der Waals surface area contributed by atoms with Gasteiger partial charge in [0, 0.05) is 0 Å². The number of aldehydes is 1. The van der Waals surface area contributed by atoms with E-state index in [0.29, 0.717) is 0 Å². The second kappa shape index (κ2) is 5.45. The lowest BCUT2D eigenvalue weighted by molar-refractivity contribution is -0.126. The lowest BCUT2D eigenvalue weighted by Crippen LogP contribution is -2.44. The third kappa shape index (κ3) is 3.04. The van der Waals surface area contributed by atoms with Gasteiger partial charge in [-0.05, 0) is 0 Å². The van der Waals surface area contributed by atoms with Crippen molar-refractivity contribution in [2.45, 2.75) is 23.7 Å². The Bertz CT molecular complexity index is 142. The molecule has 0 aromatic heterocycles. The highest BCUT2D eigenvalue weighted by atomic mass is 35.5. The average molecular weight is 199 g/mol. The summed E-state index contributed by atoms with van der Waals surface area (Å²) >= 11 is 5.32. The summed E-state index contributed by atoms with van der Waals surface area (Å²) in [5.41, 5.74) is 0. The van der Waals surface area contributed by atoms with Crippen molar-refractivity contribution < 1.29 is 25.2 Å². The molecule has 0 aliphatic carbocycles. The number of hydrogen-bond acceptors (Lipinski definition) is 5. The lowest BCUT2D eigenvalue weighted by atomic mass is 10.1. The van der Waals surface area contributed by atoms with E-state index in [0.717, 1.165) is 0 Å². The Kier molecular flexibility index (Phi) is 5.36. The van der Waals surface area contributed by atoms with Gasteiger partial charge in [-0.3, -0.25) is 0 Å². The Hall–Kier alpha value is -0.200. The lowest BCUT2D eigenvalue weighted by Gasteiger charge is -2.21. The van der Waals surface area contributed by atoms with Gasteiger partial charge in [-0.25, -0.2) is 0 Å². The molecule has 0 spiro atoms. The Labute approximate surface area is 74.2 Å². The molecule has 0 radical (unpaired) electrons. The van der Waals surface area contributed by atoms with Crippen molar-refractivity contribution in [2.75, 3.05) is 6.61 Å². The molecule has 6 heteroatoms. The van der Waals surface area contributed by atoms with Crippen LogP contribution < -0.4 is 0 Å². The van der Waals surface area contributed by atoms with Crippen LogP contribution in [0, 0.1) is 0 Å². The minimum absolute atomic E-state index is 0.0782. The number of aliphatic hydroxyl groups excluding tert-OH is 4. The van der Waals surface area contributed by atoms with E-state index < -0.39 is 30.3 Å². The summed E-state index contributed by atoms with van der Waals surface area (Å²) < 4.78 is 0. The molecule has 0 aliphatic heterocycles. The van der Waals surface area contributed by atoms with Crippen LogP contribution in [0.4, 0.5) is 0 Å². The minimum Gasteiger partial charge on any atom is -0.395 e. The first-order valence-corrected chi connectivity index (χ1v) is 3.72.